The number of hydrogen-bond acceptors (Lipinski definition) is 3. The van der Waals surface area contributed by atoms with E-state index in [1.54, 1.807) is 11.8 Å². The van der Waals surface area contributed by atoms with Gasteiger partial charge in [0.2, 0.25) is 5.91 Å². The Hall–Kier alpha value is -1.10. The van der Waals surface area contributed by atoms with Gasteiger partial charge in [-0.3, -0.25) is 9.59 Å². The van der Waals surface area contributed by atoms with Gasteiger partial charge in [0.1, 0.15) is 6.10 Å². The molecule has 5 heteroatoms. The minimum Gasteiger partial charge on any atom is -0.369 e. The second-order valence-corrected chi connectivity index (χ2v) is 5.40. The van der Waals surface area contributed by atoms with Gasteiger partial charge in [-0.15, -0.1) is 0 Å². The number of amides is 2. The molecule has 0 spiro atoms. The monoisotopic (exact) mass is 256 g/mol. The molecule has 104 valence electrons. The molecule has 0 aromatic carbocycles. The van der Waals surface area contributed by atoms with Crippen LogP contribution in [-0.4, -0.2) is 42.5 Å². The predicted octanol–water partition coefficient (Wildman–Crippen LogP) is 0.771. The van der Waals surface area contributed by atoms with Crippen LogP contribution in [0, 0.1) is 11.8 Å². The molecule has 0 unspecified atom stereocenters. The molecule has 1 rings (SSSR count). The molecule has 1 saturated heterocycles. The molecule has 0 saturated carbocycles. The number of ether oxygens (including phenoxy) is 1. The Kier molecular flexibility index (Phi) is 5.59. The van der Waals surface area contributed by atoms with Crippen LogP contribution in [0.2, 0.25) is 0 Å². The Labute approximate surface area is 109 Å². The number of carbonyl (C=O) groups is 2. The van der Waals surface area contributed by atoms with Gasteiger partial charge in [-0.2, -0.15) is 0 Å². The van der Waals surface area contributed by atoms with Crippen molar-refractivity contribution >= 4 is 11.8 Å². The first-order chi connectivity index (χ1) is 8.41. The lowest BCUT2D eigenvalue weighted by molar-refractivity contribution is -0.146. The van der Waals surface area contributed by atoms with Crippen LogP contribution >= 0.6 is 0 Å². The number of primary amides is 1. The molecule has 18 heavy (non-hydrogen) atoms. The third-order valence-corrected chi connectivity index (χ3v) is 3.16. The maximum atomic E-state index is 12.1. The number of nitrogens with two attached hydrogens (primary N) is 1. The zero-order chi connectivity index (χ0) is 13.7. The standard InChI is InChI=1S/C13H24N2O3/c1-9(2)8-18-10(3)13(17)15-6-4-5-11(7-15)12(14)16/h9-11H,4-8H2,1-3H3,(H2,14,16)/t10-,11-/m0/s1. The van der Waals surface area contributed by atoms with Crippen molar-refractivity contribution in [2.45, 2.75) is 39.7 Å². The number of hydrogen-bond donors (Lipinski definition) is 1. The second-order valence-electron chi connectivity index (χ2n) is 5.40. The van der Waals surface area contributed by atoms with Crippen molar-refractivity contribution in [3.05, 3.63) is 0 Å². The molecule has 1 heterocycles. The van der Waals surface area contributed by atoms with Crippen LogP contribution in [0.5, 0.6) is 0 Å². The molecule has 2 atom stereocenters. The van der Waals surface area contributed by atoms with E-state index in [0.29, 0.717) is 25.6 Å². The van der Waals surface area contributed by atoms with Crippen LogP contribution in [0.25, 0.3) is 0 Å². The molecule has 1 fully saturated rings. The van der Waals surface area contributed by atoms with E-state index in [0.717, 1.165) is 12.8 Å². The fraction of sp³-hybridized carbons (Fsp3) is 0.846. The van der Waals surface area contributed by atoms with Gasteiger partial charge in [-0.05, 0) is 25.7 Å². The summed E-state index contributed by atoms with van der Waals surface area (Å²) in [5, 5.41) is 0. The van der Waals surface area contributed by atoms with Crippen molar-refractivity contribution in [3.8, 4) is 0 Å². The van der Waals surface area contributed by atoms with Gasteiger partial charge in [-0.25, -0.2) is 0 Å². The van der Waals surface area contributed by atoms with E-state index in [9.17, 15) is 9.59 Å². The van der Waals surface area contributed by atoms with Gasteiger partial charge in [0.05, 0.1) is 5.92 Å². The quantitative estimate of drug-likeness (QED) is 0.789. The summed E-state index contributed by atoms with van der Waals surface area (Å²) in [6, 6.07) is 0. The van der Waals surface area contributed by atoms with Crippen molar-refractivity contribution < 1.29 is 14.3 Å². The highest BCUT2D eigenvalue weighted by Gasteiger charge is 2.29. The normalized spacial score (nSPS) is 22.0. The lowest BCUT2D eigenvalue weighted by Gasteiger charge is -2.33. The molecule has 2 amide bonds. The first kappa shape index (κ1) is 15.0. The zero-order valence-electron chi connectivity index (χ0n) is 11.5. The molecule has 1 aliphatic rings. The summed E-state index contributed by atoms with van der Waals surface area (Å²) in [7, 11) is 0. The third-order valence-electron chi connectivity index (χ3n) is 3.16. The van der Waals surface area contributed by atoms with E-state index in [-0.39, 0.29) is 17.7 Å². The number of piperidine rings is 1. The third kappa shape index (κ3) is 4.29. The van der Waals surface area contributed by atoms with Crippen LogP contribution in [0.4, 0.5) is 0 Å². The summed E-state index contributed by atoms with van der Waals surface area (Å²) in [5.41, 5.74) is 5.30. The Balaban J connectivity index is 2.47. The summed E-state index contributed by atoms with van der Waals surface area (Å²) >= 11 is 0. The van der Waals surface area contributed by atoms with Crippen molar-refractivity contribution in [2.75, 3.05) is 19.7 Å². The molecule has 0 bridgehead atoms. The van der Waals surface area contributed by atoms with E-state index in [1.165, 1.54) is 0 Å². The van der Waals surface area contributed by atoms with Gasteiger partial charge in [0.25, 0.3) is 5.91 Å². The maximum absolute atomic E-state index is 12.1. The molecule has 0 radical (unpaired) electrons. The second kappa shape index (κ2) is 6.73. The van der Waals surface area contributed by atoms with Crippen LogP contribution in [-0.2, 0) is 14.3 Å². The SMILES string of the molecule is CC(C)CO[C@@H](C)C(=O)N1CCC[C@H](C(N)=O)C1. The van der Waals surface area contributed by atoms with Crippen molar-refractivity contribution in [2.24, 2.45) is 17.6 Å². The summed E-state index contributed by atoms with van der Waals surface area (Å²) in [5.74, 6) is -0.162. The zero-order valence-corrected chi connectivity index (χ0v) is 11.5. The molecule has 5 nitrogen and oxygen atoms in total. The Morgan fingerprint density at radius 2 is 2.06 bits per heavy atom. The van der Waals surface area contributed by atoms with Crippen molar-refractivity contribution in [1.82, 2.24) is 4.90 Å². The first-order valence-electron chi connectivity index (χ1n) is 6.61. The lowest BCUT2D eigenvalue weighted by Crippen LogP contribution is -2.47. The Bertz CT molecular complexity index is 305. The van der Waals surface area contributed by atoms with Crippen LogP contribution in [0.1, 0.15) is 33.6 Å². The largest absolute Gasteiger partial charge is 0.369 e. The summed E-state index contributed by atoms with van der Waals surface area (Å²) in [6.45, 7) is 7.54. The van der Waals surface area contributed by atoms with E-state index in [2.05, 4.69) is 0 Å². The first-order valence-corrected chi connectivity index (χ1v) is 6.61. The van der Waals surface area contributed by atoms with Crippen molar-refractivity contribution in [1.29, 1.82) is 0 Å². The summed E-state index contributed by atoms with van der Waals surface area (Å²) in [4.78, 5) is 25.0. The van der Waals surface area contributed by atoms with Crippen LogP contribution in [0.3, 0.4) is 0 Å². The van der Waals surface area contributed by atoms with E-state index in [4.69, 9.17) is 10.5 Å². The highest BCUT2D eigenvalue weighted by Crippen LogP contribution is 2.17. The summed E-state index contributed by atoms with van der Waals surface area (Å²) < 4.78 is 5.51. The molecule has 1 aliphatic heterocycles. The maximum Gasteiger partial charge on any atom is 0.251 e. The molecule has 0 aromatic heterocycles. The average Bonchev–Trinajstić information content (AvgIpc) is 2.35. The number of carbonyl (C=O) groups excluding carboxylic acids is 2. The van der Waals surface area contributed by atoms with Gasteiger partial charge in [0, 0.05) is 19.7 Å². The van der Waals surface area contributed by atoms with Gasteiger partial charge in [0.15, 0.2) is 0 Å². The lowest BCUT2D eigenvalue weighted by atomic mass is 9.97. The summed E-state index contributed by atoms with van der Waals surface area (Å²) in [6.07, 6.45) is 1.16. The highest BCUT2D eigenvalue weighted by atomic mass is 16.5. The fourth-order valence-electron chi connectivity index (χ4n) is 2.07. The fourth-order valence-corrected chi connectivity index (χ4v) is 2.07. The highest BCUT2D eigenvalue weighted by molar-refractivity contribution is 5.82. The van der Waals surface area contributed by atoms with Gasteiger partial charge >= 0.3 is 0 Å². The Morgan fingerprint density at radius 1 is 1.39 bits per heavy atom. The number of rotatable bonds is 5. The predicted molar refractivity (Wildman–Crippen MR) is 68.8 cm³/mol. The van der Waals surface area contributed by atoms with Gasteiger partial charge < -0.3 is 15.4 Å². The minimum absolute atomic E-state index is 0.0402. The molecular formula is C13H24N2O3. The minimum atomic E-state index is -0.445. The van der Waals surface area contributed by atoms with E-state index < -0.39 is 6.10 Å². The topological polar surface area (TPSA) is 72.6 Å². The number of nitrogens with zero attached hydrogens (tertiary/aromatic N) is 1. The average molecular weight is 256 g/mol. The smallest absolute Gasteiger partial charge is 0.251 e. The molecule has 0 aliphatic carbocycles. The van der Waals surface area contributed by atoms with E-state index in [1.807, 2.05) is 13.8 Å². The number of likely N-dealkylation sites (tertiary alicyclic amines) is 1. The van der Waals surface area contributed by atoms with Crippen LogP contribution in [0.15, 0.2) is 0 Å². The van der Waals surface area contributed by atoms with Crippen LogP contribution < -0.4 is 5.73 Å². The molecular weight excluding hydrogens is 232 g/mol. The van der Waals surface area contributed by atoms with Crippen molar-refractivity contribution in [3.63, 3.8) is 0 Å². The van der Waals surface area contributed by atoms with E-state index >= 15 is 0 Å². The van der Waals surface area contributed by atoms with Gasteiger partial charge in [-0.1, -0.05) is 13.8 Å². The molecule has 2 N–H and O–H groups in total. The Morgan fingerprint density at radius 3 is 2.61 bits per heavy atom. The molecule has 0 aromatic rings.